The molecule has 0 aliphatic carbocycles. The lowest BCUT2D eigenvalue weighted by molar-refractivity contribution is -0.139. The van der Waals surface area contributed by atoms with Crippen LogP contribution in [0.15, 0.2) is 30.4 Å². The van der Waals surface area contributed by atoms with E-state index >= 15 is 0 Å². The van der Waals surface area contributed by atoms with Gasteiger partial charge in [-0.05, 0) is 24.6 Å². The van der Waals surface area contributed by atoms with Crippen LogP contribution >= 0.6 is 0 Å². The van der Waals surface area contributed by atoms with Crippen LogP contribution in [0, 0.1) is 0 Å². The molecule has 0 fully saturated rings. The van der Waals surface area contributed by atoms with Crippen LogP contribution in [-0.2, 0) is 9.53 Å². The first-order chi connectivity index (χ1) is 10.1. The molecule has 1 rings (SSSR count). The largest absolute Gasteiger partial charge is 0.493 e. The highest BCUT2D eigenvalue weighted by atomic mass is 28.2. The van der Waals surface area contributed by atoms with E-state index in [1.807, 2.05) is 12.1 Å². The van der Waals surface area contributed by atoms with Crippen molar-refractivity contribution in [2.75, 3.05) is 20.8 Å². The molecule has 0 atom stereocenters. The molecule has 0 saturated carbocycles. The minimum Gasteiger partial charge on any atom is -0.493 e. The fourth-order valence-corrected chi connectivity index (χ4v) is 3.06. The molecule has 0 spiro atoms. The normalized spacial score (nSPS) is 10.0. The Morgan fingerprint density at radius 3 is 2.62 bits per heavy atom. The summed E-state index contributed by atoms with van der Waals surface area (Å²) in [6.07, 6.45) is 1.86. The number of hydrogen-bond acceptors (Lipinski definition) is 4. The molecule has 114 valence electrons. The van der Waals surface area contributed by atoms with Crippen LogP contribution in [0.1, 0.15) is 19.8 Å². The number of benzene rings is 1. The summed E-state index contributed by atoms with van der Waals surface area (Å²) >= 11 is 0. The van der Waals surface area contributed by atoms with Gasteiger partial charge in [0.2, 0.25) is 0 Å². The second-order valence-corrected chi connectivity index (χ2v) is 5.98. The monoisotopic (exact) mass is 306 g/mol. The maximum atomic E-state index is 11.2. The highest BCUT2D eigenvalue weighted by molar-refractivity contribution is 6.54. The van der Waals surface area contributed by atoms with Crippen molar-refractivity contribution in [2.24, 2.45) is 0 Å². The van der Waals surface area contributed by atoms with Gasteiger partial charge in [-0.15, -0.1) is 0 Å². The van der Waals surface area contributed by atoms with Crippen molar-refractivity contribution in [3.8, 4) is 11.5 Å². The number of esters is 1. The van der Waals surface area contributed by atoms with Crippen molar-refractivity contribution in [2.45, 2.75) is 25.8 Å². The molecule has 4 nitrogen and oxygen atoms in total. The van der Waals surface area contributed by atoms with Gasteiger partial charge in [-0.25, -0.2) is 4.79 Å². The van der Waals surface area contributed by atoms with Gasteiger partial charge in [0.25, 0.3) is 0 Å². The van der Waals surface area contributed by atoms with Gasteiger partial charge in [0.05, 0.1) is 30.3 Å². The van der Waals surface area contributed by atoms with Crippen molar-refractivity contribution < 1.29 is 19.0 Å². The average Bonchev–Trinajstić information content (AvgIpc) is 2.49. The van der Waals surface area contributed by atoms with Crippen LogP contribution < -0.4 is 14.7 Å². The summed E-state index contributed by atoms with van der Waals surface area (Å²) in [6.45, 7) is 5.65. The van der Waals surface area contributed by atoms with Gasteiger partial charge in [0.1, 0.15) is 0 Å². The van der Waals surface area contributed by atoms with E-state index < -0.39 is 0 Å². The third-order valence-corrected chi connectivity index (χ3v) is 4.25. The van der Waals surface area contributed by atoms with E-state index in [2.05, 4.69) is 12.6 Å². The van der Waals surface area contributed by atoms with Crippen molar-refractivity contribution in [3.05, 3.63) is 30.4 Å². The fourth-order valence-electron chi connectivity index (χ4n) is 1.76. The van der Waals surface area contributed by atoms with Gasteiger partial charge < -0.3 is 14.2 Å². The molecule has 0 amide bonds. The molecule has 0 aliphatic rings. The van der Waals surface area contributed by atoms with E-state index in [1.165, 1.54) is 0 Å². The minimum absolute atomic E-state index is 0.313. The smallest absolute Gasteiger partial charge is 0.333 e. The average molecular weight is 306 g/mol. The predicted molar refractivity (Wildman–Crippen MR) is 84.7 cm³/mol. The van der Waals surface area contributed by atoms with Crippen LogP contribution in [-0.4, -0.2) is 36.3 Å². The SMILES string of the molecule is C=C(C)C(=O)OCCCC[Si]c1cccc(OC)c1OC. The molecule has 5 heteroatoms. The third kappa shape index (κ3) is 5.63. The highest BCUT2D eigenvalue weighted by Crippen LogP contribution is 2.23. The molecule has 0 heterocycles. The fraction of sp³-hybridized carbons (Fsp3) is 0.438. The zero-order valence-electron chi connectivity index (χ0n) is 12.9. The Morgan fingerprint density at radius 2 is 2.00 bits per heavy atom. The Kier molecular flexibility index (Phi) is 7.60. The highest BCUT2D eigenvalue weighted by Gasteiger charge is 2.09. The van der Waals surface area contributed by atoms with Gasteiger partial charge in [0, 0.05) is 5.57 Å². The van der Waals surface area contributed by atoms with Crippen LogP contribution in [0.25, 0.3) is 0 Å². The molecule has 0 aliphatic heterocycles. The first-order valence-electron chi connectivity index (χ1n) is 6.87. The van der Waals surface area contributed by atoms with Gasteiger partial charge in [-0.1, -0.05) is 31.2 Å². The molecule has 21 heavy (non-hydrogen) atoms. The number of unbranched alkanes of at least 4 members (excludes halogenated alkanes) is 1. The molecule has 0 saturated heterocycles. The van der Waals surface area contributed by atoms with Gasteiger partial charge in [-0.3, -0.25) is 0 Å². The summed E-state index contributed by atoms with van der Waals surface area (Å²) in [5, 5.41) is 1.16. The summed E-state index contributed by atoms with van der Waals surface area (Å²) in [5.74, 6) is 1.26. The quantitative estimate of drug-likeness (QED) is 0.304. The van der Waals surface area contributed by atoms with Crippen molar-refractivity contribution in [1.29, 1.82) is 0 Å². The first-order valence-corrected chi connectivity index (χ1v) is 8.08. The maximum absolute atomic E-state index is 11.2. The van der Waals surface area contributed by atoms with E-state index in [9.17, 15) is 4.79 Å². The topological polar surface area (TPSA) is 44.8 Å². The van der Waals surface area contributed by atoms with Crippen LogP contribution in [0.2, 0.25) is 6.04 Å². The summed E-state index contributed by atoms with van der Waals surface area (Å²) < 4.78 is 15.7. The van der Waals surface area contributed by atoms with E-state index in [1.54, 1.807) is 21.1 Å². The maximum Gasteiger partial charge on any atom is 0.333 e. The number of ether oxygens (including phenoxy) is 3. The predicted octanol–water partition coefficient (Wildman–Crippen LogP) is 2.35. The molecule has 0 aromatic heterocycles. The Morgan fingerprint density at radius 1 is 1.24 bits per heavy atom. The van der Waals surface area contributed by atoms with E-state index in [0.717, 1.165) is 35.6 Å². The van der Waals surface area contributed by atoms with E-state index in [0.29, 0.717) is 21.7 Å². The summed E-state index contributed by atoms with van der Waals surface area (Å²) in [6, 6.07) is 6.96. The van der Waals surface area contributed by atoms with Crippen molar-refractivity contribution in [3.63, 3.8) is 0 Å². The lowest BCUT2D eigenvalue weighted by Gasteiger charge is -2.12. The van der Waals surface area contributed by atoms with Crippen LogP contribution in [0.3, 0.4) is 0 Å². The second kappa shape index (κ2) is 9.23. The molecule has 1 aromatic carbocycles. The molecule has 2 radical (unpaired) electrons. The molecular formula is C16H22O4Si. The third-order valence-electron chi connectivity index (χ3n) is 2.87. The Hall–Kier alpha value is -1.75. The van der Waals surface area contributed by atoms with Crippen molar-refractivity contribution >= 4 is 20.7 Å². The lowest BCUT2D eigenvalue weighted by Crippen LogP contribution is -2.17. The first kappa shape index (κ1) is 17.3. The number of para-hydroxylation sites is 1. The summed E-state index contributed by atoms with van der Waals surface area (Å²) in [4.78, 5) is 11.2. The zero-order valence-corrected chi connectivity index (χ0v) is 13.9. The number of methoxy groups -OCH3 is 2. The number of carbonyl (C=O) groups is 1. The van der Waals surface area contributed by atoms with Crippen LogP contribution in [0.5, 0.6) is 11.5 Å². The Balaban J connectivity index is 2.33. The second-order valence-electron chi connectivity index (χ2n) is 4.59. The Bertz CT molecular complexity index is 485. The summed E-state index contributed by atoms with van der Waals surface area (Å²) in [5.41, 5.74) is 0.443. The van der Waals surface area contributed by atoms with Gasteiger partial charge >= 0.3 is 5.97 Å². The van der Waals surface area contributed by atoms with E-state index in [-0.39, 0.29) is 5.97 Å². The molecule has 1 aromatic rings. The van der Waals surface area contributed by atoms with Gasteiger partial charge in [0.15, 0.2) is 11.5 Å². The number of rotatable bonds is 9. The lowest BCUT2D eigenvalue weighted by atomic mass is 10.3. The summed E-state index contributed by atoms with van der Waals surface area (Å²) in [7, 11) is 3.94. The van der Waals surface area contributed by atoms with Crippen LogP contribution in [0.4, 0.5) is 0 Å². The zero-order chi connectivity index (χ0) is 15.7. The minimum atomic E-state index is -0.313. The van der Waals surface area contributed by atoms with Crippen molar-refractivity contribution in [1.82, 2.24) is 0 Å². The molecule has 0 bridgehead atoms. The number of carbonyl (C=O) groups excluding carboxylic acids is 1. The van der Waals surface area contributed by atoms with E-state index in [4.69, 9.17) is 14.2 Å². The van der Waals surface area contributed by atoms with Gasteiger partial charge in [-0.2, -0.15) is 0 Å². The molecular weight excluding hydrogens is 284 g/mol. The molecule has 0 unspecified atom stereocenters. The molecule has 0 N–H and O–H groups in total. The standard InChI is InChI=1S/C16H22O4Si/c1-12(2)16(17)20-10-5-6-11-21-14-9-7-8-13(18-3)15(14)19-4/h7-9H,1,5-6,10-11H2,2-4H3. The number of hydrogen-bond donors (Lipinski definition) is 0. The Labute approximate surface area is 128 Å².